The van der Waals surface area contributed by atoms with Crippen LogP contribution in [0, 0.1) is 77.0 Å². The second-order valence-corrected chi connectivity index (χ2v) is 8.90. The van der Waals surface area contributed by atoms with Crippen LogP contribution in [0.3, 0.4) is 0 Å². The fourth-order valence-electron chi connectivity index (χ4n) is 4.56. The Kier molecular flexibility index (Phi) is 7.15. The predicted molar refractivity (Wildman–Crippen MR) is 110 cm³/mol. The minimum atomic E-state index is 0.909. The van der Waals surface area contributed by atoms with E-state index in [1.54, 1.807) is 0 Å². The van der Waals surface area contributed by atoms with E-state index in [-0.39, 0.29) is 0 Å². The number of benzene rings is 1. The molecule has 0 aromatic heterocycles. The summed E-state index contributed by atoms with van der Waals surface area (Å²) in [6, 6.07) is 0. The average Bonchev–Trinajstić information content (AvgIpc) is 2.58. The Labute approximate surface area is 152 Å². The molecule has 0 spiro atoms. The van der Waals surface area contributed by atoms with E-state index in [1.807, 2.05) is 0 Å². The van der Waals surface area contributed by atoms with Gasteiger partial charge < -0.3 is 0 Å². The van der Waals surface area contributed by atoms with E-state index in [1.165, 1.54) is 33.4 Å². The largest absolute Gasteiger partial charge is 0.0620 e. The van der Waals surface area contributed by atoms with E-state index in [0.29, 0.717) is 0 Å². The third-order valence-corrected chi connectivity index (χ3v) is 8.35. The van der Waals surface area contributed by atoms with Crippen LogP contribution in [0.15, 0.2) is 0 Å². The Morgan fingerprint density at radius 1 is 0.292 bits per heavy atom. The normalized spacial score (nSPS) is 33.0. The number of hydrogen-bond donors (Lipinski definition) is 0. The first-order chi connectivity index (χ1) is 10.9. The summed E-state index contributed by atoms with van der Waals surface area (Å²) in [7, 11) is 0. The lowest BCUT2D eigenvalue weighted by Crippen LogP contribution is -2.39. The van der Waals surface area contributed by atoms with Gasteiger partial charge in [0.15, 0.2) is 0 Å². The molecule has 0 radical (unpaired) electrons. The van der Waals surface area contributed by atoms with Gasteiger partial charge in [-0.05, 0) is 110 Å². The van der Waals surface area contributed by atoms with Crippen molar-refractivity contribution in [1.29, 1.82) is 0 Å². The van der Waals surface area contributed by atoms with Gasteiger partial charge in [0.1, 0.15) is 0 Å². The molecule has 1 aromatic rings. The fraction of sp³-hybridized carbons (Fsp3) is 0.750. The molecule has 138 valence electrons. The van der Waals surface area contributed by atoms with Gasteiger partial charge in [-0.1, -0.05) is 41.5 Å². The predicted octanol–water partition coefficient (Wildman–Crippen LogP) is 7.35. The molecule has 0 heterocycles. The van der Waals surface area contributed by atoms with Crippen molar-refractivity contribution >= 4 is 0 Å². The topological polar surface area (TPSA) is 0 Å². The van der Waals surface area contributed by atoms with E-state index in [2.05, 4.69) is 83.1 Å². The third kappa shape index (κ3) is 3.89. The van der Waals surface area contributed by atoms with E-state index in [0.717, 1.165) is 35.5 Å². The minimum Gasteiger partial charge on any atom is -0.0620 e. The molecule has 0 heteroatoms. The SMILES string of the molecule is CC1C(C)C(C)C(C)C(C)C1C.Cc1c(C)c(C)c(C)c(C)c1C. The van der Waals surface area contributed by atoms with E-state index in [4.69, 9.17) is 0 Å². The summed E-state index contributed by atoms with van der Waals surface area (Å²) in [4.78, 5) is 0. The Bertz CT molecular complexity index is 402. The summed E-state index contributed by atoms with van der Waals surface area (Å²) in [5.74, 6) is 5.45. The Morgan fingerprint density at radius 3 is 0.458 bits per heavy atom. The molecule has 0 nitrogen and oxygen atoms in total. The highest BCUT2D eigenvalue weighted by Crippen LogP contribution is 2.44. The lowest BCUT2D eigenvalue weighted by molar-refractivity contribution is 0.0302. The maximum absolute atomic E-state index is 2.42. The maximum Gasteiger partial charge on any atom is -0.0386 e. The lowest BCUT2D eigenvalue weighted by atomic mass is 9.60. The molecule has 2 rings (SSSR count). The molecule has 0 bridgehead atoms. The smallest absolute Gasteiger partial charge is 0.0386 e. The third-order valence-electron chi connectivity index (χ3n) is 8.35. The molecule has 1 saturated carbocycles. The highest BCUT2D eigenvalue weighted by Gasteiger charge is 2.38. The summed E-state index contributed by atoms with van der Waals surface area (Å²) >= 11 is 0. The van der Waals surface area contributed by atoms with Crippen LogP contribution >= 0.6 is 0 Å². The van der Waals surface area contributed by atoms with Gasteiger partial charge in [-0.3, -0.25) is 0 Å². The van der Waals surface area contributed by atoms with Gasteiger partial charge >= 0.3 is 0 Å². The van der Waals surface area contributed by atoms with Gasteiger partial charge in [0.25, 0.3) is 0 Å². The fourth-order valence-corrected chi connectivity index (χ4v) is 4.56. The summed E-state index contributed by atoms with van der Waals surface area (Å²) in [6.07, 6.45) is 0. The zero-order valence-corrected chi connectivity index (χ0v) is 18.5. The molecular formula is C24H42. The molecule has 24 heavy (non-hydrogen) atoms. The first-order valence-corrected chi connectivity index (χ1v) is 9.96. The molecule has 1 aliphatic rings. The highest BCUT2D eigenvalue weighted by atomic mass is 14.4. The van der Waals surface area contributed by atoms with Gasteiger partial charge in [0, 0.05) is 0 Å². The van der Waals surface area contributed by atoms with Crippen molar-refractivity contribution in [1.82, 2.24) is 0 Å². The molecule has 0 atom stereocenters. The van der Waals surface area contributed by atoms with Crippen molar-refractivity contribution in [2.24, 2.45) is 35.5 Å². The van der Waals surface area contributed by atoms with E-state index < -0.39 is 0 Å². The quantitative estimate of drug-likeness (QED) is 0.466. The molecule has 0 aliphatic heterocycles. The van der Waals surface area contributed by atoms with Crippen LogP contribution in [-0.2, 0) is 0 Å². The van der Waals surface area contributed by atoms with Gasteiger partial charge in [-0.15, -0.1) is 0 Å². The van der Waals surface area contributed by atoms with Crippen LogP contribution in [0.1, 0.15) is 74.9 Å². The molecule has 1 fully saturated rings. The molecule has 0 amide bonds. The Balaban J connectivity index is 0.000000240. The zero-order chi connectivity index (χ0) is 18.9. The molecule has 0 saturated heterocycles. The van der Waals surface area contributed by atoms with Gasteiger partial charge in [0.2, 0.25) is 0 Å². The van der Waals surface area contributed by atoms with Crippen molar-refractivity contribution in [3.8, 4) is 0 Å². The number of rotatable bonds is 0. The molecule has 0 N–H and O–H groups in total. The van der Waals surface area contributed by atoms with Crippen LogP contribution in [-0.4, -0.2) is 0 Å². The lowest BCUT2D eigenvalue weighted by Gasteiger charge is -2.45. The monoisotopic (exact) mass is 330 g/mol. The van der Waals surface area contributed by atoms with E-state index >= 15 is 0 Å². The molecule has 1 aliphatic carbocycles. The van der Waals surface area contributed by atoms with Gasteiger partial charge in [0.05, 0.1) is 0 Å². The molecular weight excluding hydrogens is 288 g/mol. The number of hydrogen-bond acceptors (Lipinski definition) is 0. The Morgan fingerprint density at radius 2 is 0.375 bits per heavy atom. The van der Waals surface area contributed by atoms with Crippen LogP contribution in [0.5, 0.6) is 0 Å². The first-order valence-electron chi connectivity index (χ1n) is 9.96. The van der Waals surface area contributed by atoms with Crippen LogP contribution < -0.4 is 0 Å². The van der Waals surface area contributed by atoms with Crippen molar-refractivity contribution in [2.45, 2.75) is 83.1 Å². The molecule has 0 unspecified atom stereocenters. The summed E-state index contributed by atoms with van der Waals surface area (Å²) in [5.41, 5.74) is 8.73. The summed E-state index contributed by atoms with van der Waals surface area (Å²) < 4.78 is 0. The summed E-state index contributed by atoms with van der Waals surface area (Å²) in [5, 5.41) is 0. The minimum absolute atomic E-state index is 0.909. The van der Waals surface area contributed by atoms with Gasteiger partial charge in [-0.25, -0.2) is 0 Å². The van der Waals surface area contributed by atoms with Crippen molar-refractivity contribution in [2.75, 3.05) is 0 Å². The van der Waals surface area contributed by atoms with Crippen LogP contribution in [0.2, 0.25) is 0 Å². The second kappa shape index (κ2) is 8.07. The summed E-state index contributed by atoms with van der Waals surface area (Å²) in [6.45, 7) is 27.8. The highest BCUT2D eigenvalue weighted by molar-refractivity contribution is 5.48. The molecule has 1 aromatic carbocycles. The van der Waals surface area contributed by atoms with Crippen molar-refractivity contribution in [3.05, 3.63) is 33.4 Å². The Hall–Kier alpha value is -0.780. The van der Waals surface area contributed by atoms with Crippen molar-refractivity contribution < 1.29 is 0 Å². The van der Waals surface area contributed by atoms with Gasteiger partial charge in [-0.2, -0.15) is 0 Å². The first kappa shape index (κ1) is 21.3. The van der Waals surface area contributed by atoms with Crippen LogP contribution in [0.4, 0.5) is 0 Å². The standard InChI is InChI=1S/C12H24.C12H18/c2*1-7-8(2)10(4)12(6)11(5)9(7)3/h7-12H,1-6H3;1-6H3. The van der Waals surface area contributed by atoms with Crippen molar-refractivity contribution in [3.63, 3.8) is 0 Å². The maximum atomic E-state index is 2.42. The van der Waals surface area contributed by atoms with Crippen LogP contribution in [0.25, 0.3) is 0 Å². The second-order valence-electron chi connectivity index (χ2n) is 8.90. The average molecular weight is 331 g/mol. The van der Waals surface area contributed by atoms with E-state index in [9.17, 15) is 0 Å². The zero-order valence-electron chi connectivity index (χ0n) is 18.5.